The Labute approximate surface area is 189 Å². The van der Waals surface area contributed by atoms with E-state index in [1.165, 1.54) is 11.2 Å². The molecule has 2 amide bonds. The van der Waals surface area contributed by atoms with E-state index in [2.05, 4.69) is 5.32 Å². The van der Waals surface area contributed by atoms with Gasteiger partial charge in [-0.1, -0.05) is 29.8 Å². The van der Waals surface area contributed by atoms with Crippen LogP contribution in [0.2, 0.25) is 0 Å². The van der Waals surface area contributed by atoms with Crippen molar-refractivity contribution >= 4 is 27.5 Å². The monoisotopic (exact) mass is 455 g/mol. The Morgan fingerprint density at radius 2 is 1.84 bits per heavy atom. The average Bonchev–Trinajstić information content (AvgIpc) is 3.37. The van der Waals surface area contributed by atoms with Crippen LogP contribution in [0.15, 0.2) is 47.4 Å². The van der Waals surface area contributed by atoms with Gasteiger partial charge in [0, 0.05) is 31.7 Å². The van der Waals surface area contributed by atoms with Crippen LogP contribution in [0.4, 0.5) is 5.69 Å². The molecule has 1 saturated heterocycles. The zero-order chi connectivity index (χ0) is 23.0. The number of aryl methyl sites for hydroxylation is 1. The Morgan fingerprint density at radius 1 is 1.12 bits per heavy atom. The molecule has 0 saturated carbocycles. The summed E-state index contributed by atoms with van der Waals surface area (Å²) in [5.41, 5.74) is 3.72. The predicted octanol–water partition coefficient (Wildman–Crippen LogP) is 2.76. The number of rotatable bonds is 5. The first-order valence-electron chi connectivity index (χ1n) is 11.0. The van der Waals surface area contributed by atoms with Gasteiger partial charge in [-0.25, -0.2) is 8.42 Å². The van der Waals surface area contributed by atoms with Crippen LogP contribution in [-0.4, -0.2) is 43.2 Å². The van der Waals surface area contributed by atoms with Crippen molar-refractivity contribution in [1.29, 1.82) is 0 Å². The summed E-state index contributed by atoms with van der Waals surface area (Å²) in [6.45, 7) is 6.14. The van der Waals surface area contributed by atoms with E-state index in [1.54, 1.807) is 23.1 Å². The first-order chi connectivity index (χ1) is 15.2. The van der Waals surface area contributed by atoms with Gasteiger partial charge in [0.25, 0.3) is 0 Å². The van der Waals surface area contributed by atoms with E-state index in [-0.39, 0.29) is 22.8 Å². The second-order valence-corrected chi connectivity index (χ2v) is 10.6. The number of hydrogen-bond acceptors (Lipinski definition) is 4. The number of carbonyl (C=O) groups is 2. The van der Waals surface area contributed by atoms with Crippen molar-refractivity contribution < 1.29 is 18.0 Å². The molecule has 8 heteroatoms. The summed E-state index contributed by atoms with van der Waals surface area (Å²) in [5.74, 6) is -0.333. The van der Waals surface area contributed by atoms with Crippen molar-refractivity contribution in [2.24, 2.45) is 0 Å². The van der Waals surface area contributed by atoms with Crippen molar-refractivity contribution in [3.8, 4) is 0 Å². The first kappa shape index (κ1) is 22.5. The molecule has 0 spiro atoms. The van der Waals surface area contributed by atoms with E-state index in [0.717, 1.165) is 22.4 Å². The van der Waals surface area contributed by atoms with Crippen LogP contribution in [0, 0.1) is 6.92 Å². The summed E-state index contributed by atoms with van der Waals surface area (Å²) in [6.07, 6.45) is 1.75. The van der Waals surface area contributed by atoms with Gasteiger partial charge in [-0.2, -0.15) is 4.31 Å². The lowest BCUT2D eigenvalue weighted by Gasteiger charge is -2.24. The number of carbonyl (C=O) groups excluding carboxylic acids is 2. The van der Waals surface area contributed by atoms with Gasteiger partial charge in [0.15, 0.2) is 0 Å². The second kappa shape index (κ2) is 8.67. The fourth-order valence-corrected chi connectivity index (χ4v) is 6.39. The van der Waals surface area contributed by atoms with Crippen LogP contribution in [0.5, 0.6) is 0 Å². The number of fused-ring (bicyclic) bond motifs is 1. The highest BCUT2D eigenvalue weighted by atomic mass is 32.2. The van der Waals surface area contributed by atoms with Crippen LogP contribution in [0.1, 0.15) is 43.4 Å². The van der Waals surface area contributed by atoms with Gasteiger partial charge in [0.2, 0.25) is 21.8 Å². The quantitative estimate of drug-likeness (QED) is 0.751. The van der Waals surface area contributed by atoms with E-state index in [4.69, 9.17) is 0 Å². The van der Waals surface area contributed by atoms with Gasteiger partial charge >= 0.3 is 0 Å². The highest BCUT2D eigenvalue weighted by Gasteiger charge is 2.40. The molecule has 170 valence electrons. The third kappa shape index (κ3) is 4.17. The second-order valence-electron chi connectivity index (χ2n) is 8.71. The number of anilines is 1. The Morgan fingerprint density at radius 3 is 2.53 bits per heavy atom. The Hall–Kier alpha value is -2.71. The molecule has 0 radical (unpaired) electrons. The number of hydrogen-bond donors (Lipinski definition) is 1. The van der Waals surface area contributed by atoms with Crippen LogP contribution < -0.4 is 10.2 Å². The summed E-state index contributed by atoms with van der Waals surface area (Å²) in [7, 11) is -3.83. The summed E-state index contributed by atoms with van der Waals surface area (Å²) in [6, 6.07) is 12.1. The van der Waals surface area contributed by atoms with Crippen molar-refractivity contribution in [1.82, 2.24) is 9.62 Å². The summed E-state index contributed by atoms with van der Waals surface area (Å²) in [5, 5.41) is 2.89. The largest absolute Gasteiger partial charge is 0.351 e. The SMILES string of the molecule is CC(=O)N1c2ccc(S(=O)(=O)N3CCCC3C(=O)NCc3ccc(C)cc3)cc2CC1C. The molecule has 2 heterocycles. The van der Waals surface area contributed by atoms with E-state index in [9.17, 15) is 18.0 Å². The maximum Gasteiger partial charge on any atom is 0.243 e. The van der Waals surface area contributed by atoms with E-state index < -0.39 is 16.1 Å². The lowest BCUT2D eigenvalue weighted by molar-refractivity contribution is -0.124. The maximum absolute atomic E-state index is 13.4. The zero-order valence-electron chi connectivity index (χ0n) is 18.7. The molecular weight excluding hydrogens is 426 g/mol. The smallest absolute Gasteiger partial charge is 0.243 e. The van der Waals surface area contributed by atoms with Crippen LogP contribution >= 0.6 is 0 Å². The van der Waals surface area contributed by atoms with Gasteiger partial charge in [-0.05, 0) is 62.4 Å². The fourth-order valence-electron chi connectivity index (χ4n) is 4.69. The molecular formula is C24H29N3O4S. The van der Waals surface area contributed by atoms with Crippen molar-refractivity contribution in [3.63, 3.8) is 0 Å². The van der Waals surface area contributed by atoms with E-state index in [0.29, 0.717) is 32.4 Å². The van der Waals surface area contributed by atoms with Gasteiger partial charge in [-0.3, -0.25) is 9.59 Å². The molecule has 7 nitrogen and oxygen atoms in total. The van der Waals surface area contributed by atoms with Crippen LogP contribution in [0.25, 0.3) is 0 Å². The van der Waals surface area contributed by atoms with Crippen molar-refractivity contribution in [3.05, 3.63) is 59.2 Å². The molecule has 0 aliphatic carbocycles. The first-order valence-corrected chi connectivity index (χ1v) is 12.4. The fraction of sp³-hybridized carbons (Fsp3) is 0.417. The van der Waals surface area contributed by atoms with E-state index >= 15 is 0 Å². The zero-order valence-corrected chi connectivity index (χ0v) is 19.5. The van der Waals surface area contributed by atoms with Gasteiger partial charge in [-0.15, -0.1) is 0 Å². The molecule has 2 aromatic carbocycles. The molecule has 0 aromatic heterocycles. The Kier molecular flexibility index (Phi) is 6.09. The summed E-state index contributed by atoms with van der Waals surface area (Å²) in [4.78, 5) is 26.7. The van der Waals surface area contributed by atoms with Crippen LogP contribution in [-0.2, 0) is 32.6 Å². The lowest BCUT2D eigenvalue weighted by Crippen LogP contribution is -2.45. The highest BCUT2D eigenvalue weighted by Crippen LogP contribution is 2.35. The van der Waals surface area contributed by atoms with Gasteiger partial charge in [0.1, 0.15) is 6.04 Å². The normalized spacial score (nSPS) is 20.9. The molecule has 1 N–H and O–H groups in total. The standard InChI is InChI=1S/C24H29N3O4S/c1-16-6-8-19(9-7-16)15-25-24(29)23-5-4-12-26(23)32(30,31)21-10-11-22-20(14-21)13-17(2)27(22)18(3)28/h6-11,14,17,23H,4-5,12-13,15H2,1-3H3,(H,25,29). The molecule has 32 heavy (non-hydrogen) atoms. The average molecular weight is 456 g/mol. The van der Waals surface area contributed by atoms with Gasteiger partial charge < -0.3 is 10.2 Å². The van der Waals surface area contributed by atoms with Crippen LogP contribution in [0.3, 0.4) is 0 Å². The van der Waals surface area contributed by atoms with E-state index in [1.807, 2.05) is 38.1 Å². The topological polar surface area (TPSA) is 86.8 Å². The molecule has 4 rings (SSSR count). The molecule has 1 fully saturated rings. The summed E-state index contributed by atoms with van der Waals surface area (Å²) >= 11 is 0. The highest BCUT2D eigenvalue weighted by molar-refractivity contribution is 7.89. The molecule has 2 atom stereocenters. The molecule has 2 unspecified atom stereocenters. The molecule has 0 bridgehead atoms. The number of benzene rings is 2. The Bertz CT molecular complexity index is 1140. The summed E-state index contributed by atoms with van der Waals surface area (Å²) < 4.78 is 28.2. The van der Waals surface area contributed by atoms with Crippen molar-refractivity contribution in [2.75, 3.05) is 11.4 Å². The third-order valence-corrected chi connectivity index (χ3v) is 8.21. The minimum absolute atomic E-state index is 0.00691. The third-order valence-electron chi connectivity index (χ3n) is 6.31. The molecule has 2 aliphatic heterocycles. The number of amides is 2. The lowest BCUT2D eigenvalue weighted by atomic mass is 10.1. The predicted molar refractivity (Wildman–Crippen MR) is 123 cm³/mol. The minimum atomic E-state index is -3.83. The molecule has 2 aliphatic rings. The van der Waals surface area contributed by atoms with Gasteiger partial charge in [0.05, 0.1) is 4.90 Å². The van der Waals surface area contributed by atoms with Crippen molar-refractivity contribution in [2.45, 2.75) is 63.6 Å². The number of nitrogens with one attached hydrogen (secondary N) is 1. The minimum Gasteiger partial charge on any atom is -0.351 e. The maximum atomic E-state index is 13.4. The number of sulfonamides is 1. The Balaban J connectivity index is 1.52. The number of nitrogens with zero attached hydrogens (tertiary/aromatic N) is 2. The molecule has 2 aromatic rings.